The third-order valence-electron chi connectivity index (χ3n) is 23.7. The van der Waals surface area contributed by atoms with Crippen LogP contribution in [0.25, 0.3) is 46.8 Å². The molecular weight excluding hydrogens is 1590 g/mol. The first kappa shape index (κ1) is 88.9. The Bertz CT molecular complexity index is 5580. The van der Waals surface area contributed by atoms with E-state index >= 15 is 4.39 Å². The van der Waals surface area contributed by atoms with E-state index in [4.69, 9.17) is 41.7 Å². The standard InChI is InChI=1S/C31H36N2O6S.C30H33FN2O6S.C30H34N2O6S.CH4/c1-18-22(17-24(39-20-11-7-6-8-12-20)21-13-9-10-14-23(21)37-5)29-33(28(34)25(18)31(3,4)30(35)36)19(2)26(40-29)27-32-15-16-38-27;1-17-25(26-32-14-15-38-26)40-28-20(24(31)23(27(34)33(17)28)30(2,3)29(35)36)16-22(39-18-10-6-5-7-11-18)19-12-8-9-13-21(19)37-4;1-18-25(26-31-14-15-37-26)39-28-19(16-22(27(33)32(18)28)30(2,3)29(34)35)17-24(38-20-10-6-5-7-11-20)21-12-8-9-13-23(21)36-4;/h9-10,13-16,20,24H,6-8,11-12,17H2,1-5H3,(H,35,36);8-9,12-15,18,22H,5-7,10-11,16H2,1-4H3,(H,35,36);8-9,12-16,20,24H,5-7,10-11,17H2,1-4H3,(H,34,35);1H4/t24-;22-;24-;/m000./s1. The number of ether oxygens (including phenoxy) is 6. The fraction of sp³-hybridized carbons (Fsp3) is 0.446. The van der Waals surface area contributed by atoms with Gasteiger partial charge in [0, 0.05) is 69.7 Å². The number of carboxylic acid groups (broad SMARTS) is 3. The van der Waals surface area contributed by atoms with E-state index in [0.29, 0.717) is 68.6 Å². The van der Waals surface area contributed by atoms with Crippen molar-refractivity contribution in [2.24, 2.45) is 0 Å². The number of carboxylic acids is 3. The van der Waals surface area contributed by atoms with Gasteiger partial charge in [-0.15, -0.1) is 34.0 Å². The van der Waals surface area contributed by atoms with Gasteiger partial charge in [-0.3, -0.25) is 42.0 Å². The van der Waals surface area contributed by atoms with Crippen molar-refractivity contribution in [3.63, 3.8) is 0 Å². The lowest BCUT2D eigenvalue weighted by atomic mass is 9.81. The predicted octanol–water partition coefficient (Wildman–Crippen LogP) is 20.1. The second-order valence-electron chi connectivity index (χ2n) is 32.4. The molecule has 0 radical (unpaired) electrons. The maximum absolute atomic E-state index is 16.6. The topological polar surface area (TPSA) is 310 Å². The number of rotatable bonds is 27. The number of aliphatic carboxylic acids is 3. The number of halogens is 1. The summed E-state index contributed by atoms with van der Waals surface area (Å²) in [5.41, 5.74) is 1.14. The molecule has 9 heterocycles. The Morgan fingerprint density at radius 1 is 0.467 bits per heavy atom. The zero-order valence-electron chi connectivity index (χ0n) is 69.4. The lowest BCUT2D eigenvalue weighted by molar-refractivity contribution is -0.143. The van der Waals surface area contributed by atoms with Crippen LogP contribution in [0.2, 0.25) is 0 Å². The van der Waals surface area contributed by atoms with E-state index in [1.807, 2.05) is 93.6 Å². The molecule has 0 unspecified atom stereocenters. The summed E-state index contributed by atoms with van der Waals surface area (Å²) in [5.74, 6) is -1.02. The number of hydrogen-bond acceptors (Lipinski definition) is 21. The monoisotopic (exact) mass is 1700 g/mol. The third-order valence-corrected chi connectivity index (χ3v) is 27.6. The van der Waals surface area contributed by atoms with Gasteiger partial charge in [0.2, 0.25) is 17.7 Å². The highest BCUT2D eigenvalue weighted by Gasteiger charge is 2.42. The van der Waals surface area contributed by atoms with Crippen LogP contribution in [0.1, 0.15) is 236 Å². The molecule has 0 spiro atoms. The van der Waals surface area contributed by atoms with Crippen molar-refractivity contribution < 1.29 is 75.8 Å². The Balaban J connectivity index is 0.000000164. The number of aryl methyl sites for hydroxylation is 3. The minimum absolute atomic E-state index is 0. The van der Waals surface area contributed by atoms with Crippen molar-refractivity contribution in [1.29, 1.82) is 0 Å². The summed E-state index contributed by atoms with van der Waals surface area (Å²) < 4.78 is 75.3. The fourth-order valence-electron chi connectivity index (χ4n) is 16.8. The van der Waals surface area contributed by atoms with Gasteiger partial charge < -0.3 is 57.0 Å². The minimum atomic E-state index is -1.78. The summed E-state index contributed by atoms with van der Waals surface area (Å²) >= 11 is 4.04. The van der Waals surface area contributed by atoms with Crippen molar-refractivity contribution >= 4 is 66.4 Å². The quantitative estimate of drug-likeness (QED) is 0.0431. The number of thiazole rings is 3. The van der Waals surface area contributed by atoms with Gasteiger partial charge in [0.1, 0.15) is 71.0 Å². The number of fused-ring (bicyclic) bond motifs is 3. The van der Waals surface area contributed by atoms with Crippen LogP contribution in [-0.4, -0.2) is 101 Å². The van der Waals surface area contributed by atoms with E-state index in [9.17, 15) is 44.1 Å². The lowest BCUT2D eigenvalue weighted by Gasteiger charge is -2.30. The molecule has 28 heteroatoms. The summed E-state index contributed by atoms with van der Waals surface area (Å²) in [7, 11) is 4.88. The first-order chi connectivity index (χ1) is 57.0. The van der Waals surface area contributed by atoms with Gasteiger partial charge in [-0.05, 0) is 149 Å². The molecule has 3 N–H and O–H groups in total. The number of methoxy groups -OCH3 is 3. The molecule has 9 aromatic heterocycles. The highest BCUT2D eigenvalue weighted by Crippen LogP contribution is 2.46. The van der Waals surface area contributed by atoms with Crippen molar-refractivity contribution in [2.75, 3.05) is 21.3 Å². The number of benzene rings is 3. The molecule has 3 fully saturated rings. The van der Waals surface area contributed by atoms with E-state index < -0.39 is 57.2 Å². The van der Waals surface area contributed by atoms with E-state index in [1.54, 1.807) is 83.2 Å². The van der Waals surface area contributed by atoms with Gasteiger partial charge in [0.25, 0.3) is 16.7 Å². The first-order valence-corrected chi connectivity index (χ1v) is 42.9. The zero-order chi connectivity index (χ0) is 84.9. The number of para-hydroxylation sites is 3. The second kappa shape index (κ2) is 37.7. The predicted molar refractivity (Wildman–Crippen MR) is 461 cm³/mol. The highest BCUT2D eigenvalue weighted by molar-refractivity contribution is 7.21. The Hall–Kier alpha value is -10.4. The first-order valence-electron chi connectivity index (χ1n) is 40.5. The van der Waals surface area contributed by atoms with Crippen LogP contribution in [-0.2, 0) is 64.1 Å². The van der Waals surface area contributed by atoms with E-state index in [-0.39, 0.29) is 72.2 Å². The fourth-order valence-corrected chi connectivity index (χ4v) is 20.5. The number of aromatic nitrogens is 6. The number of carbonyl (C=O) groups is 3. The van der Waals surface area contributed by atoms with Crippen LogP contribution >= 0.6 is 34.0 Å². The molecule has 12 aromatic rings. The smallest absolute Gasteiger partial charge is 0.313 e. The summed E-state index contributed by atoms with van der Waals surface area (Å²) in [6, 6.07) is 24.9. The van der Waals surface area contributed by atoms with Crippen LogP contribution in [0, 0.1) is 33.5 Å². The summed E-state index contributed by atoms with van der Waals surface area (Å²) in [6.07, 6.45) is 25.0. The van der Waals surface area contributed by atoms with Crippen molar-refractivity contribution in [3.8, 4) is 49.6 Å². The molecule has 0 saturated heterocycles. The lowest BCUT2D eigenvalue weighted by Crippen LogP contribution is -2.38. The molecule has 24 nitrogen and oxygen atoms in total. The van der Waals surface area contributed by atoms with Crippen molar-refractivity contribution in [1.82, 2.24) is 28.2 Å². The molecule has 3 aromatic carbocycles. The average Bonchev–Trinajstić information content (AvgIpc) is 1.54. The summed E-state index contributed by atoms with van der Waals surface area (Å²) in [5, 5.41) is 30.2. The van der Waals surface area contributed by atoms with Crippen LogP contribution in [0.15, 0.2) is 144 Å². The molecule has 638 valence electrons. The maximum Gasteiger partial charge on any atom is 0.313 e. The second-order valence-corrected chi connectivity index (χ2v) is 35.4. The largest absolute Gasteiger partial charge is 0.496 e. The highest BCUT2D eigenvalue weighted by atomic mass is 32.1. The molecule has 120 heavy (non-hydrogen) atoms. The molecular formula is C92H107FN6O18S3. The normalized spacial score (nSPS) is 15.3. The molecule has 15 rings (SSSR count). The number of nitrogens with zero attached hydrogens (tertiary/aromatic N) is 6. The number of pyridine rings is 3. The van der Waals surface area contributed by atoms with Crippen molar-refractivity contribution in [2.45, 2.75) is 245 Å². The van der Waals surface area contributed by atoms with Crippen LogP contribution in [0.4, 0.5) is 4.39 Å². The molecule has 3 aliphatic carbocycles. The van der Waals surface area contributed by atoms with E-state index in [0.717, 1.165) is 142 Å². The van der Waals surface area contributed by atoms with E-state index in [1.165, 1.54) is 90.1 Å². The molecule has 0 amide bonds. The molecule has 3 aliphatic rings. The number of oxazole rings is 3. The maximum atomic E-state index is 16.6. The summed E-state index contributed by atoms with van der Waals surface area (Å²) in [4.78, 5) is 95.3. The Kier molecular flexibility index (Phi) is 28.0. The third kappa shape index (κ3) is 17.9. The summed E-state index contributed by atoms with van der Waals surface area (Å²) in [6.45, 7) is 16.3. The van der Waals surface area contributed by atoms with Gasteiger partial charge in [-0.2, -0.15) is 0 Å². The molecule has 3 saturated carbocycles. The Morgan fingerprint density at radius 2 is 0.792 bits per heavy atom. The molecule has 0 bridgehead atoms. The average molecular weight is 1700 g/mol. The Morgan fingerprint density at radius 3 is 1.15 bits per heavy atom. The van der Waals surface area contributed by atoms with Crippen LogP contribution in [0.5, 0.6) is 17.2 Å². The van der Waals surface area contributed by atoms with Gasteiger partial charge in [-0.1, -0.05) is 120 Å². The molecule has 3 atom stereocenters. The zero-order valence-corrected chi connectivity index (χ0v) is 71.9. The van der Waals surface area contributed by atoms with Gasteiger partial charge in [-0.25, -0.2) is 19.3 Å². The molecule has 0 aliphatic heterocycles. The SMILES string of the molecule is C.COc1ccccc1[C@H](Cc1c(C)c(C(C)(C)C(=O)O)c(=O)n2c(C)c(-c3ncco3)sc12)OC1CCCCC1.COc1ccccc1[C@H](Cc1c(F)c(C(C)(C)C(=O)O)c(=O)n2c(C)c(-c3ncco3)sc12)OC1CCCCC1.COc1ccccc1[C@H](Cc1cc(C(C)(C)C(=O)O)c(=O)n2c(C)c(-c3ncco3)sc12)OC1CCCCC1. The van der Waals surface area contributed by atoms with Gasteiger partial charge in [0.15, 0.2) is 0 Å². The van der Waals surface area contributed by atoms with E-state index in [2.05, 4.69) is 15.0 Å². The Labute approximate surface area is 707 Å². The van der Waals surface area contributed by atoms with Crippen LogP contribution in [0.3, 0.4) is 0 Å². The van der Waals surface area contributed by atoms with Gasteiger partial charge >= 0.3 is 17.9 Å². The number of hydrogen-bond donors (Lipinski definition) is 3. The van der Waals surface area contributed by atoms with Crippen molar-refractivity contribution in [3.05, 3.63) is 226 Å². The minimum Gasteiger partial charge on any atom is -0.496 e. The van der Waals surface area contributed by atoms with Crippen LogP contribution < -0.4 is 30.9 Å². The van der Waals surface area contributed by atoms with Gasteiger partial charge in [0.05, 0.1) is 98.4 Å².